The van der Waals surface area contributed by atoms with Crippen molar-refractivity contribution >= 4 is 23.5 Å². The molecule has 1 rings (SSSR count). The van der Waals surface area contributed by atoms with Crippen molar-refractivity contribution in [2.75, 3.05) is 38.9 Å². The number of methoxy groups -OCH3 is 1. The summed E-state index contributed by atoms with van der Waals surface area (Å²) in [6.45, 7) is 0.772. The van der Waals surface area contributed by atoms with Crippen LogP contribution >= 0.6 is 11.8 Å². The maximum absolute atomic E-state index is 13.5. The van der Waals surface area contributed by atoms with Gasteiger partial charge in [0, 0.05) is 26.4 Å². The summed E-state index contributed by atoms with van der Waals surface area (Å²) >= 11 is 0.977. The van der Waals surface area contributed by atoms with Gasteiger partial charge in [-0.05, 0) is 18.4 Å². The molecule has 0 radical (unpaired) electrons. The largest absolute Gasteiger partial charge is 0.383 e. The Kier molecular flexibility index (Phi) is 6.04. The Morgan fingerprint density at radius 3 is 2.47 bits per heavy atom. The number of thioether (sulfide) groups is 1. The summed E-state index contributed by atoms with van der Waals surface area (Å²) in [5, 5.41) is 2.43. The van der Waals surface area contributed by atoms with Gasteiger partial charge in [-0.25, -0.2) is 13.6 Å². The predicted molar refractivity (Wildman–Crippen MR) is 71.7 cm³/mol. The van der Waals surface area contributed by atoms with Gasteiger partial charge >= 0.3 is 6.03 Å². The van der Waals surface area contributed by atoms with E-state index in [2.05, 4.69) is 5.32 Å². The van der Waals surface area contributed by atoms with E-state index in [4.69, 9.17) is 4.74 Å². The number of ether oxygens (including phenoxy) is 1. The fraction of sp³-hybridized carbons (Fsp3) is 0.417. The van der Waals surface area contributed by atoms with Gasteiger partial charge in [0.25, 0.3) is 0 Å². The lowest BCUT2D eigenvalue weighted by molar-refractivity contribution is 0.165. The number of hydrogen-bond donors (Lipinski definition) is 1. The van der Waals surface area contributed by atoms with E-state index in [1.165, 1.54) is 12.0 Å². The zero-order chi connectivity index (χ0) is 14.4. The van der Waals surface area contributed by atoms with E-state index < -0.39 is 17.7 Å². The normalized spacial score (nSPS) is 10.4. The zero-order valence-electron chi connectivity index (χ0n) is 11.0. The van der Waals surface area contributed by atoms with Gasteiger partial charge in [0.05, 0.1) is 11.5 Å². The summed E-state index contributed by atoms with van der Waals surface area (Å²) in [7, 11) is 3.09. The molecule has 1 N–H and O–H groups in total. The van der Waals surface area contributed by atoms with Crippen molar-refractivity contribution in [3.05, 3.63) is 23.8 Å². The SMILES string of the molecule is COCCN(C)C(=O)Nc1cc(F)c(SC)c(F)c1. The lowest BCUT2D eigenvalue weighted by Crippen LogP contribution is -2.33. The van der Waals surface area contributed by atoms with Crippen LogP contribution in [0.4, 0.5) is 19.3 Å². The molecule has 19 heavy (non-hydrogen) atoms. The summed E-state index contributed by atoms with van der Waals surface area (Å²) in [6.07, 6.45) is 1.58. The minimum absolute atomic E-state index is 0.0641. The average molecular weight is 290 g/mol. The highest BCUT2D eigenvalue weighted by atomic mass is 32.2. The molecule has 0 atom stereocenters. The highest BCUT2D eigenvalue weighted by Crippen LogP contribution is 2.26. The molecule has 0 aliphatic rings. The minimum Gasteiger partial charge on any atom is -0.383 e. The van der Waals surface area contributed by atoms with Crippen LogP contribution in [0.2, 0.25) is 0 Å². The number of carbonyl (C=O) groups is 1. The first-order valence-corrected chi connectivity index (χ1v) is 6.76. The third-order valence-electron chi connectivity index (χ3n) is 2.43. The molecule has 0 aliphatic heterocycles. The summed E-state index contributed by atoms with van der Waals surface area (Å²) in [4.78, 5) is 13.0. The van der Waals surface area contributed by atoms with Crippen molar-refractivity contribution in [2.45, 2.75) is 4.90 Å². The Hall–Kier alpha value is -1.34. The molecule has 1 aromatic carbocycles. The molecule has 0 bridgehead atoms. The van der Waals surface area contributed by atoms with Crippen molar-refractivity contribution < 1.29 is 18.3 Å². The first-order valence-electron chi connectivity index (χ1n) is 5.53. The van der Waals surface area contributed by atoms with Crippen LogP contribution in [-0.2, 0) is 4.74 Å². The predicted octanol–water partition coefficient (Wildman–Crippen LogP) is 2.80. The number of halogens is 2. The second kappa shape index (κ2) is 7.30. The topological polar surface area (TPSA) is 41.6 Å². The summed E-state index contributed by atoms with van der Waals surface area (Å²) in [5.41, 5.74) is 0.0852. The van der Waals surface area contributed by atoms with Gasteiger partial charge in [0.1, 0.15) is 11.6 Å². The molecular weight excluding hydrogens is 274 g/mol. The molecule has 2 amide bonds. The molecular formula is C12H16F2N2O2S. The van der Waals surface area contributed by atoms with E-state index in [9.17, 15) is 13.6 Å². The number of nitrogens with zero attached hydrogens (tertiary/aromatic N) is 1. The molecule has 1 aromatic rings. The fourth-order valence-electron chi connectivity index (χ4n) is 1.38. The molecule has 106 valence electrons. The molecule has 0 unspecified atom stereocenters. The summed E-state index contributed by atoms with van der Waals surface area (Å²) in [6, 6.07) is 1.74. The highest BCUT2D eigenvalue weighted by molar-refractivity contribution is 7.98. The number of amides is 2. The number of carbonyl (C=O) groups excluding carboxylic acids is 1. The van der Waals surface area contributed by atoms with Gasteiger partial charge < -0.3 is 15.0 Å². The Morgan fingerprint density at radius 2 is 2.00 bits per heavy atom. The van der Waals surface area contributed by atoms with Crippen LogP contribution in [-0.4, -0.2) is 44.5 Å². The van der Waals surface area contributed by atoms with Crippen LogP contribution in [0.3, 0.4) is 0 Å². The minimum atomic E-state index is -0.692. The zero-order valence-corrected chi connectivity index (χ0v) is 11.8. The third kappa shape index (κ3) is 4.36. The van der Waals surface area contributed by atoms with Crippen LogP contribution in [0.25, 0.3) is 0 Å². The number of hydrogen-bond acceptors (Lipinski definition) is 3. The van der Waals surface area contributed by atoms with E-state index in [0.717, 1.165) is 23.9 Å². The second-order valence-electron chi connectivity index (χ2n) is 3.82. The smallest absolute Gasteiger partial charge is 0.321 e. The van der Waals surface area contributed by atoms with Gasteiger partial charge in [0.15, 0.2) is 0 Å². The van der Waals surface area contributed by atoms with Crippen LogP contribution in [0.5, 0.6) is 0 Å². The van der Waals surface area contributed by atoms with E-state index in [-0.39, 0.29) is 10.6 Å². The molecule has 0 fully saturated rings. The van der Waals surface area contributed by atoms with Crippen LogP contribution < -0.4 is 5.32 Å². The van der Waals surface area contributed by atoms with Crippen molar-refractivity contribution in [3.8, 4) is 0 Å². The van der Waals surface area contributed by atoms with Gasteiger partial charge in [-0.15, -0.1) is 11.8 Å². The quantitative estimate of drug-likeness (QED) is 0.848. The van der Waals surface area contributed by atoms with Gasteiger partial charge in [0.2, 0.25) is 0 Å². The molecule has 0 saturated carbocycles. The lowest BCUT2D eigenvalue weighted by Gasteiger charge is -2.17. The summed E-state index contributed by atoms with van der Waals surface area (Å²) < 4.78 is 31.9. The Bertz CT molecular complexity index is 434. The molecule has 0 aliphatic carbocycles. The van der Waals surface area contributed by atoms with E-state index in [0.29, 0.717) is 13.2 Å². The average Bonchev–Trinajstić information content (AvgIpc) is 2.35. The van der Waals surface area contributed by atoms with Gasteiger partial charge in [-0.3, -0.25) is 0 Å². The Balaban J connectivity index is 2.75. The van der Waals surface area contributed by atoms with E-state index in [1.807, 2.05) is 0 Å². The maximum atomic E-state index is 13.5. The molecule has 0 saturated heterocycles. The van der Waals surface area contributed by atoms with Gasteiger partial charge in [-0.2, -0.15) is 0 Å². The van der Waals surface area contributed by atoms with Crippen LogP contribution in [0, 0.1) is 11.6 Å². The highest BCUT2D eigenvalue weighted by Gasteiger charge is 2.13. The van der Waals surface area contributed by atoms with Crippen molar-refractivity contribution in [3.63, 3.8) is 0 Å². The van der Waals surface area contributed by atoms with Crippen LogP contribution in [0.1, 0.15) is 0 Å². The number of benzene rings is 1. The molecule has 0 heterocycles. The molecule has 0 aromatic heterocycles. The number of likely N-dealkylation sites (N-methyl/N-ethyl adjacent to an activating group) is 1. The number of anilines is 1. The van der Waals surface area contributed by atoms with E-state index >= 15 is 0 Å². The maximum Gasteiger partial charge on any atom is 0.321 e. The molecule has 4 nitrogen and oxygen atoms in total. The molecule has 0 spiro atoms. The number of rotatable bonds is 5. The fourth-order valence-corrected chi connectivity index (χ4v) is 1.88. The van der Waals surface area contributed by atoms with Crippen molar-refractivity contribution in [2.24, 2.45) is 0 Å². The molecule has 7 heteroatoms. The number of urea groups is 1. The lowest BCUT2D eigenvalue weighted by atomic mass is 10.3. The third-order valence-corrected chi connectivity index (χ3v) is 3.23. The Morgan fingerprint density at radius 1 is 1.42 bits per heavy atom. The van der Waals surface area contributed by atoms with Crippen molar-refractivity contribution in [1.82, 2.24) is 4.90 Å². The van der Waals surface area contributed by atoms with Gasteiger partial charge in [-0.1, -0.05) is 0 Å². The standard InChI is InChI=1S/C12H16F2N2O2S/c1-16(4-5-18-2)12(17)15-8-6-9(13)11(19-3)10(14)7-8/h6-7H,4-5H2,1-3H3,(H,15,17). The second-order valence-corrected chi connectivity index (χ2v) is 4.63. The monoisotopic (exact) mass is 290 g/mol. The Labute approximate surface area is 115 Å². The number of nitrogens with one attached hydrogen (secondary N) is 1. The first-order chi connectivity index (χ1) is 8.99. The van der Waals surface area contributed by atoms with Crippen molar-refractivity contribution in [1.29, 1.82) is 0 Å². The van der Waals surface area contributed by atoms with E-state index in [1.54, 1.807) is 13.3 Å². The van der Waals surface area contributed by atoms with Crippen LogP contribution in [0.15, 0.2) is 17.0 Å². The first kappa shape index (κ1) is 15.7. The summed E-state index contributed by atoms with van der Waals surface area (Å²) in [5.74, 6) is -1.38.